The molecule has 0 saturated carbocycles. The topological polar surface area (TPSA) is 122 Å². The number of nitrogens with zero attached hydrogens (tertiary/aromatic N) is 2. The van der Waals surface area contributed by atoms with E-state index in [9.17, 15) is 14.7 Å². The van der Waals surface area contributed by atoms with E-state index in [0.717, 1.165) is 51.8 Å². The maximum atomic E-state index is 13.8. The summed E-state index contributed by atoms with van der Waals surface area (Å²) in [5, 5.41) is 21.5. The zero-order valence-electron chi connectivity index (χ0n) is 29.1. The molecule has 0 spiro atoms. The molecule has 0 aliphatic heterocycles. The molecule has 0 aliphatic rings. The van der Waals surface area contributed by atoms with Crippen molar-refractivity contribution in [2.75, 3.05) is 26.2 Å². The first kappa shape index (κ1) is 35.7. The Bertz CT molecular complexity index is 1780. The fourth-order valence-electron chi connectivity index (χ4n) is 6.32. The van der Waals surface area contributed by atoms with Gasteiger partial charge in [0, 0.05) is 25.2 Å². The Hall–Kier alpha value is -4.57. The highest BCUT2D eigenvalue weighted by molar-refractivity contribution is 5.97. The minimum absolute atomic E-state index is 0.0137. The van der Waals surface area contributed by atoms with E-state index in [1.165, 1.54) is 0 Å². The van der Waals surface area contributed by atoms with E-state index >= 15 is 0 Å². The van der Waals surface area contributed by atoms with Gasteiger partial charge in [0.1, 0.15) is 11.9 Å². The van der Waals surface area contributed by atoms with Crippen molar-refractivity contribution >= 4 is 33.6 Å². The number of H-pyrrole nitrogens is 1. The van der Waals surface area contributed by atoms with Crippen LogP contribution in [0.15, 0.2) is 91.0 Å². The van der Waals surface area contributed by atoms with Gasteiger partial charge in [0.15, 0.2) is 0 Å². The molecule has 49 heavy (non-hydrogen) atoms. The molecule has 5 rings (SSSR count). The molecule has 5 aromatic rings. The summed E-state index contributed by atoms with van der Waals surface area (Å²) in [5.74, 6) is 0.827. The number of aromatic amines is 1. The van der Waals surface area contributed by atoms with Gasteiger partial charge in [-0.05, 0) is 85.3 Å². The zero-order chi connectivity index (χ0) is 34.8. The van der Waals surface area contributed by atoms with Gasteiger partial charge in [0.05, 0.1) is 29.7 Å². The zero-order valence-corrected chi connectivity index (χ0v) is 29.1. The third-order valence-corrected chi connectivity index (χ3v) is 8.92. The van der Waals surface area contributed by atoms with Gasteiger partial charge in [-0.1, -0.05) is 80.6 Å². The smallest absolute Gasteiger partial charge is 0.251 e. The largest absolute Gasteiger partial charge is 0.395 e. The van der Waals surface area contributed by atoms with Crippen molar-refractivity contribution in [2.45, 2.75) is 65.2 Å². The van der Waals surface area contributed by atoms with E-state index < -0.39 is 6.04 Å². The number of imidazole rings is 1. The Kier molecular flexibility index (Phi) is 12.5. The van der Waals surface area contributed by atoms with Crippen LogP contribution in [-0.4, -0.2) is 64.1 Å². The third-order valence-electron chi connectivity index (χ3n) is 8.92. The number of hydrogen-bond donors (Lipinski definition) is 5. The van der Waals surface area contributed by atoms with Crippen molar-refractivity contribution in [1.29, 1.82) is 0 Å². The van der Waals surface area contributed by atoms with Crippen LogP contribution in [0.1, 0.15) is 79.9 Å². The second-order valence-electron chi connectivity index (χ2n) is 13.3. The van der Waals surface area contributed by atoms with Crippen LogP contribution in [0.2, 0.25) is 0 Å². The summed E-state index contributed by atoms with van der Waals surface area (Å²) in [6.07, 6.45) is 1.17. The van der Waals surface area contributed by atoms with Crippen molar-refractivity contribution in [2.24, 2.45) is 5.92 Å². The fraction of sp³-hybridized carbons (Fsp3) is 0.375. The van der Waals surface area contributed by atoms with Crippen LogP contribution in [0.4, 0.5) is 0 Å². The SMILES string of the molecule is CC(C)CN(CCO)CCC[C@H](NC(=O)c1ccc(CNC(C)c2nc3ccccc3[nH]2)cc1)C(=O)N[C@@H](C)c1cccc2ccccc12. The van der Waals surface area contributed by atoms with E-state index in [2.05, 4.69) is 69.8 Å². The lowest BCUT2D eigenvalue weighted by molar-refractivity contribution is -0.123. The molecular weight excluding hydrogens is 612 g/mol. The maximum Gasteiger partial charge on any atom is 0.251 e. The Labute approximate surface area is 289 Å². The van der Waals surface area contributed by atoms with Crippen LogP contribution < -0.4 is 16.0 Å². The van der Waals surface area contributed by atoms with Crippen LogP contribution >= 0.6 is 0 Å². The van der Waals surface area contributed by atoms with E-state index in [1.807, 2.05) is 67.6 Å². The summed E-state index contributed by atoms with van der Waals surface area (Å²) < 4.78 is 0. The van der Waals surface area contributed by atoms with E-state index in [1.54, 1.807) is 12.1 Å². The summed E-state index contributed by atoms with van der Waals surface area (Å²) in [7, 11) is 0. The number of benzene rings is 4. The molecule has 3 atom stereocenters. The molecule has 0 saturated heterocycles. The second-order valence-corrected chi connectivity index (χ2v) is 13.3. The highest BCUT2D eigenvalue weighted by Crippen LogP contribution is 2.24. The normalized spacial score (nSPS) is 13.5. The van der Waals surface area contributed by atoms with Gasteiger partial charge < -0.3 is 30.9 Å². The Morgan fingerprint density at radius 1 is 0.837 bits per heavy atom. The first-order valence-corrected chi connectivity index (χ1v) is 17.4. The van der Waals surface area contributed by atoms with Crippen molar-refractivity contribution in [3.63, 3.8) is 0 Å². The number of fused-ring (bicyclic) bond motifs is 2. The monoisotopic (exact) mass is 662 g/mol. The van der Waals surface area contributed by atoms with Crippen LogP contribution in [0.3, 0.4) is 0 Å². The summed E-state index contributed by atoms with van der Waals surface area (Å²) in [5.41, 5.74) is 4.51. The number of carbonyl (C=O) groups excluding carboxylic acids is 2. The predicted octanol–water partition coefficient (Wildman–Crippen LogP) is 6.27. The molecule has 0 aliphatic carbocycles. The standard InChI is InChI=1S/C40H50N6O3/c1-27(2)26-46(23-24-47)22-10-17-37(40(49)42-28(3)33-14-9-12-31-11-5-6-13-34(31)33)45-39(48)32-20-18-30(19-21-32)25-41-29(4)38-43-35-15-7-8-16-36(35)44-38/h5-9,11-16,18-21,27-29,37,41,47H,10,17,22-26H2,1-4H3,(H,42,49)(H,43,44)(H,45,48)/t28-,29?,37-/m0/s1. The molecule has 0 bridgehead atoms. The van der Waals surface area contributed by atoms with E-state index in [-0.39, 0.29) is 30.5 Å². The molecule has 0 radical (unpaired) electrons. The summed E-state index contributed by atoms with van der Waals surface area (Å²) in [6.45, 7) is 11.2. The lowest BCUT2D eigenvalue weighted by Crippen LogP contribution is -2.47. The molecule has 9 heteroatoms. The summed E-state index contributed by atoms with van der Waals surface area (Å²) in [6, 6.07) is 28.7. The average Bonchev–Trinajstić information content (AvgIpc) is 3.54. The van der Waals surface area contributed by atoms with E-state index in [4.69, 9.17) is 0 Å². The average molecular weight is 663 g/mol. The molecular formula is C40H50N6O3. The first-order chi connectivity index (χ1) is 23.7. The fourth-order valence-corrected chi connectivity index (χ4v) is 6.32. The molecule has 2 amide bonds. The minimum atomic E-state index is -0.717. The molecule has 0 fully saturated rings. The molecule has 1 aromatic heterocycles. The van der Waals surface area contributed by atoms with Gasteiger partial charge in [0.25, 0.3) is 5.91 Å². The molecule has 258 valence electrons. The first-order valence-electron chi connectivity index (χ1n) is 17.4. The Balaban J connectivity index is 1.23. The van der Waals surface area contributed by atoms with Crippen LogP contribution in [-0.2, 0) is 11.3 Å². The van der Waals surface area contributed by atoms with Crippen LogP contribution in [0.25, 0.3) is 21.8 Å². The van der Waals surface area contributed by atoms with E-state index in [0.29, 0.717) is 37.4 Å². The molecule has 5 N–H and O–H groups in total. The number of carbonyl (C=O) groups is 2. The number of aliphatic hydroxyl groups is 1. The van der Waals surface area contributed by atoms with Crippen molar-refractivity contribution in [3.8, 4) is 0 Å². The number of para-hydroxylation sites is 2. The Morgan fingerprint density at radius 2 is 1.57 bits per heavy atom. The van der Waals surface area contributed by atoms with Gasteiger partial charge in [-0.3, -0.25) is 9.59 Å². The lowest BCUT2D eigenvalue weighted by Gasteiger charge is -2.26. The van der Waals surface area contributed by atoms with Crippen molar-refractivity contribution in [3.05, 3.63) is 114 Å². The van der Waals surface area contributed by atoms with Gasteiger partial charge in [-0.25, -0.2) is 4.98 Å². The molecule has 1 unspecified atom stereocenters. The molecule has 4 aromatic carbocycles. The quantitative estimate of drug-likeness (QED) is 0.0800. The molecule has 9 nitrogen and oxygen atoms in total. The number of hydrogen-bond acceptors (Lipinski definition) is 6. The summed E-state index contributed by atoms with van der Waals surface area (Å²) in [4.78, 5) is 37.6. The third kappa shape index (κ3) is 9.75. The van der Waals surface area contributed by atoms with Gasteiger partial charge in [-0.15, -0.1) is 0 Å². The van der Waals surface area contributed by atoms with Crippen LogP contribution in [0, 0.1) is 5.92 Å². The van der Waals surface area contributed by atoms with Gasteiger partial charge >= 0.3 is 0 Å². The second kappa shape index (κ2) is 17.2. The maximum absolute atomic E-state index is 13.8. The van der Waals surface area contributed by atoms with Crippen LogP contribution in [0.5, 0.6) is 0 Å². The number of nitrogens with one attached hydrogen (secondary N) is 4. The minimum Gasteiger partial charge on any atom is -0.395 e. The Morgan fingerprint density at radius 3 is 2.33 bits per heavy atom. The highest BCUT2D eigenvalue weighted by Gasteiger charge is 2.24. The number of rotatable bonds is 17. The predicted molar refractivity (Wildman–Crippen MR) is 197 cm³/mol. The van der Waals surface area contributed by atoms with Gasteiger partial charge in [0.2, 0.25) is 5.91 Å². The number of aromatic nitrogens is 2. The molecule has 1 heterocycles. The lowest BCUT2D eigenvalue weighted by atomic mass is 9.99. The van der Waals surface area contributed by atoms with Crippen molar-refractivity contribution < 1.29 is 14.7 Å². The number of aliphatic hydroxyl groups excluding tert-OH is 1. The summed E-state index contributed by atoms with van der Waals surface area (Å²) >= 11 is 0. The number of amides is 2. The highest BCUT2D eigenvalue weighted by atomic mass is 16.3. The van der Waals surface area contributed by atoms with Gasteiger partial charge in [-0.2, -0.15) is 0 Å². The van der Waals surface area contributed by atoms with Crippen molar-refractivity contribution in [1.82, 2.24) is 30.8 Å².